The van der Waals surface area contributed by atoms with E-state index in [2.05, 4.69) is 17.5 Å². The van der Waals surface area contributed by atoms with Crippen molar-refractivity contribution >= 4 is 12.6 Å². The minimum absolute atomic E-state index is 0.153. The van der Waals surface area contributed by atoms with Gasteiger partial charge < -0.3 is 4.90 Å². The zero-order chi connectivity index (χ0) is 11.4. The normalized spacial score (nSPS) is 18.9. The van der Waals surface area contributed by atoms with Gasteiger partial charge in [-0.15, -0.1) is 0 Å². The Balaban J connectivity index is 1.77. The van der Waals surface area contributed by atoms with Crippen LogP contribution in [0.5, 0.6) is 0 Å². The number of hydrogen-bond acceptors (Lipinski definition) is 2. The Bertz CT molecular complexity index is 317. The molecule has 1 fully saturated rings. The lowest BCUT2D eigenvalue weighted by Gasteiger charge is -2.29. The summed E-state index contributed by atoms with van der Waals surface area (Å²) < 4.78 is 12.7. The van der Waals surface area contributed by atoms with Gasteiger partial charge in [0.2, 0.25) is 0 Å². The van der Waals surface area contributed by atoms with Gasteiger partial charge in [0.1, 0.15) is 5.82 Å². The molecule has 2 rings (SSSR count). The zero-order valence-electron chi connectivity index (χ0n) is 9.40. The topological polar surface area (TPSA) is 3.24 Å². The largest absolute Gasteiger partial charge is 0.303 e. The number of rotatable bonds is 3. The van der Waals surface area contributed by atoms with E-state index < -0.39 is 0 Å². The maximum Gasteiger partial charge on any atom is 0.123 e. The van der Waals surface area contributed by atoms with Crippen LogP contribution >= 0.6 is 12.6 Å². The first-order valence-corrected chi connectivity index (χ1v) is 6.40. The van der Waals surface area contributed by atoms with Gasteiger partial charge in [-0.2, -0.15) is 12.6 Å². The SMILES string of the molecule is Fc1ccc(CCN2CCC(S)CC2)cc1. The average molecular weight is 239 g/mol. The molecule has 0 unspecified atom stereocenters. The Morgan fingerprint density at radius 3 is 2.44 bits per heavy atom. The molecule has 1 heterocycles. The molecule has 0 bridgehead atoms. The van der Waals surface area contributed by atoms with E-state index in [1.165, 1.54) is 30.5 Å². The van der Waals surface area contributed by atoms with Gasteiger partial charge in [-0.25, -0.2) is 4.39 Å². The molecule has 1 aliphatic heterocycles. The summed E-state index contributed by atoms with van der Waals surface area (Å²) in [5.41, 5.74) is 1.22. The van der Waals surface area contributed by atoms with Gasteiger partial charge in [0, 0.05) is 11.8 Å². The molecule has 16 heavy (non-hydrogen) atoms. The Kier molecular flexibility index (Phi) is 4.24. The van der Waals surface area contributed by atoms with Crippen LogP contribution in [0.3, 0.4) is 0 Å². The van der Waals surface area contributed by atoms with Gasteiger partial charge in [0.25, 0.3) is 0 Å². The van der Waals surface area contributed by atoms with Crippen LogP contribution in [0.2, 0.25) is 0 Å². The van der Waals surface area contributed by atoms with Crippen molar-refractivity contribution in [2.75, 3.05) is 19.6 Å². The first kappa shape index (κ1) is 11.9. The molecule has 1 nitrogen and oxygen atoms in total. The number of nitrogens with zero attached hydrogens (tertiary/aromatic N) is 1. The lowest BCUT2D eigenvalue weighted by Crippen LogP contribution is -2.35. The lowest BCUT2D eigenvalue weighted by molar-refractivity contribution is 0.236. The van der Waals surface area contributed by atoms with Crippen LogP contribution in [0.25, 0.3) is 0 Å². The van der Waals surface area contributed by atoms with Crippen LogP contribution in [-0.4, -0.2) is 29.8 Å². The van der Waals surface area contributed by atoms with Crippen molar-refractivity contribution in [3.05, 3.63) is 35.6 Å². The summed E-state index contributed by atoms with van der Waals surface area (Å²) >= 11 is 4.48. The first-order chi connectivity index (χ1) is 7.74. The fraction of sp³-hybridized carbons (Fsp3) is 0.538. The molecule has 1 aromatic rings. The van der Waals surface area contributed by atoms with E-state index in [-0.39, 0.29) is 5.82 Å². The van der Waals surface area contributed by atoms with Gasteiger partial charge in [-0.3, -0.25) is 0 Å². The Labute approximate surface area is 102 Å². The number of benzene rings is 1. The highest BCUT2D eigenvalue weighted by molar-refractivity contribution is 7.80. The van der Waals surface area contributed by atoms with Gasteiger partial charge >= 0.3 is 0 Å². The summed E-state index contributed by atoms with van der Waals surface area (Å²) in [6, 6.07) is 6.83. The minimum atomic E-state index is -0.153. The van der Waals surface area contributed by atoms with Crippen LogP contribution < -0.4 is 0 Å². The molecule has 0 saturated carbocycles. The van der Waals surface area contributed by atoms with Gasteiger partial charge in [-0.05, 0) is 50.0 Å². The second kappa shape index (κ2) is 5.69. The molecule has 1 aliphatic rings. The fourth-order valence-electron chi connectivity index (χ4n) is 2.08. The van der Waals surface area contributed by atoms with Crippen molar-refractivity contribution in [1.82, 2.24) is 4.90 Å². The summed E-state index contributed by atoms with van der Waals surface area (Å²) in [5.74, 6) is -0.153. The van der Waals surface area contributed by atoms with E-state index in [1.54, 1.807) is 0 Å². The molecule has 3 heteroatoms. The summed E-state index contributed by atoms with van der Waals surface area (Å²) in [5, 5.41) is 0.585. The van der Waals surface area contributed by atoms with E-state index in [4.69, 9.17) is 0 Å². The maximum absolute atomic E-state index is 12.7. The third kappa shape index (κ3) is 3.49. The van der Waals surface area contributed by atoms with Crippen LogP contribution in [0.4, 0.5) is 4.39 Å². The van der Waals surface area contributed by atoms with E-state index in [9.17, 15) is 4.39 Å². The van der Waals surface area contributed by atoms with Crippen molar-refractivity contribution in [2.24, 2.45) is 0 Å². The Morgan fingerprint density at radius 1 is 1.19 bits per heavy atom. The third-order valence-electron chi connectivity index (χ3n) is 3.19. The van der Waals surface area contributed by atoms with Crippen molar-refractivity contribution < 1.29 is 4.39 Å². The predicted molar refractivity (Wildman–Crippen MR) is 68.6 cm³/mol. The predicted octanol–water partition coefficient (Wildman–Crippen LogP) is 2.76. The van der Waals surface area contributed by atoms with E-state index in [0.29, 0.717) is 5.25 Å². The smallest absolute Gasteiger partial charge is 0.123 e. The molecule has 0 N–H and O–H groups in total. The van der Waals surface area contributed by atoms with Crippen LogP contribution in [-0.2, 0) is 6.42 Å². The van der Waals surface area contributed by atoms with Crippen molar-refractivity contribution in [2.45, 2.75) is 24.5 Å². The molecular formula is C13H18FNS. The molecule has 0 atom stereocenters. The van der Waals surface area contributed by atoms with E-state index in [1.807, 2.05) is 12.1 Å². The molecule has 88 valence electrons. The molecule has 0 aliphatic carbocycles. The fourth-order valence-corrected chi connectivity index (χ4v) is 2.31. The van der Waals surface area contributed by atoms with Crippen LogP contribution in [0, 0.1) is 5.82 Å². The summed E-state index contributed by atoms with van der Waals surface area (Å²) in [6.45, 7) is 3.37. The van der Waals surface area contributed by atoms with Gasteiger partial charge in [0.05, 0.1) is 0 Å². The highest BCUT2D eigenvalue weighted by atomic mass is 32.1. The van der Waals surface area contributed by atoms with E-state index in [0.717, 1.165) is 26.1 Å². The monoisotopic (exact) mass is 239 g/mol. The molecule has 0 aromatic heterocycles. The number of likely N-dealkylation sites (tertiary alicyclic amines) is 1. The first-order valence-electron chi connectivity index (χ1n) is 5.89. The maximum atomic E-state index is 12.7. The summed E-state index contributed by atoms with van der Waals surface area (Å²) in [6.07, 6.45) is 3.39. The standard InChI is InChI=1S/C13H18FNS/c14-12-3-1-11(2-4-12)5-8-15-9-6-13(16)7-10-15/h1-4,13,16H,5-10H2. The Hall–Kier alpha value is -0.540. The number of piperidine rings is 1. The molecule has 0 radical (unpaired) electrons. The minimum Gasteiger partial charge on any atom is -0.303 e. The van der Waals surface area contributed by atoms with Gasteiger partial charge in [0.15, 0.2) is 0 Å². The second-order valence-electron chi connectivity index (χ2n) is 4.45. The third-order valence-corrected chi connectivity index (χ3v) is 3.70. The van der Waals surface area contributed by atoms with Crippen molar-refractivity contribution in [3.63, 3.8) is 0 Å². The number of halogens is 1. The average Bonchev–Trinajstić information content (AvgIpc) is 2.30. The van der Waals surface area contributed by atoms with Gasteiger partial charge in [-0.1, -0.05) is 12.1 Å². The quantitative estimate of drug-likeness (QED) is 0.794. The number of thiol groups is 1. The molecule has 1 aromatic carbocycles. The van der Waals surface area contributed by atoms with Crippen molar-refractivity contribution in [3.8, 4) is 0 Å². The highest BCUT2D eigenvalue weighted by Crippen LogP contribution is 2.15. The Morgan fingerprint density at radius 2 is 1.81 bits per heavy atom. The van der Waals surface area contributed by atoms with Crippen LogP contribution in [0.15, 0.2) is 24.3 Å². The second-order valence-corrected chi connectivity index (χ2v) is 5.18. The van der Waals surface area contributed by atoms with Crippen LogP contribution in [0.1, 0.15) is 18.4 Å². The van der Waals surface area contributed by atoms with Crippen molar-refractivity contribution in [1.29, 1.82) is 0 Å². The summed E-state index contributed by atoms with van der Waals surface area (Å²) in [4.78, 5) is 2.47. The molecule has 0 spiro atoms. The highest BCUT2D eigenvalue weighted by Gasteiger charge is 2.15. The molecule has 0 amide bonds. The number of hydrogen-bond donors (Lipinski definition) is 1. The zero-order valence-corrected chi connectivity index (χ0v) is 10.3. The summed E-state index contributed by atoms with van der Waals surface area (Å²) in [7, 11) is 0. The molecular weight excluding hydrogens is 221 g/mol. The lowest BCUT2D eigenvalue weighted by atomic mass is 10.1. The van der Waals surface area contributed by atoms with E-state index >= 15 is 0 Å². The molecule has 1 saturated heterocycles.